The molecular weight excluding hydrogens is 362 g/mol. The molecule has 0 spiro atoms. The minimum Gasteiger partial charge on any atom is -0.494 e. The summed E-state index contributed by atoms with van der Waals surface area (Å²) in [5.41, 5.74) is 0.921. The van der Waals surface area contributed by atoms with Crippen molar-refractivity contribution in [2.75, 3.05) is 18.1 Å². The van der Waals surface area contributed by atoms with Crippen molar-refractivity contribution in [1.82, 2.24) is 0 Å². The number of unbranched alkanes of at least 4 members (excludes halogenated alkanes) is 1. The Morgan fingerprint density at radius 1 is 0.889 bits per heavy atom. The molecule has 0 aromatic heterocycles. The second-order valence-electron chi connectivity index (χ2n) is 6.49. The molecule has 136 valence electrons. The number of ketones is 1. The van der Waals surface area contributed by atoms with Crippen LogP contribution in [0.2, 0.25) is 5.02 Å². The molecule has 3 aromatic carbocycles. The Bertz CT molecular complexity index is 1030. The first-order valence-electron chi connectivity index (χ1n) is 8.91. The zero-order valence-corrected chi connectivity index (χ0v) is 15.4. The number of nitrogens with zero attached hydrogens (tertiary/aromatic N) is 1. The van der Waals surface area contributed by atoms with Crippen LogP contribution in [-0.2, 0) is 4.79 Å². The van der Waals surface area contributed by atoms with Gasteiger partial charge in [-0.05, 0) is 47.9 Å². The lowest BCUT2D eigenvalue weighted by molar-refractivity contribution is -0.114. The van der Waals surface area contributed by atoms with Gasteiger partial charge in [-0.1, -0.05) is 48.0 Å². The van der Waals surface area contributed by atoms with Gasteiger partial charge in [-0.2, -0.15) is 0 Å². The van der Waals surface area contributed by atoms with Gasteiger partial charge < -0.3 is 9.64 Å². The average Bonchev–Trinajstić information content (AvgIpc) is 2.93. The van der Waals surface area contributed by atoms with Crippen LogP contribution in [0, 0.1) is 0 Å². The van der Waals surface area contributed by atoms with Gasteiger partial charge in [0.25, 0.3) is 11.7 Å². The van der Waals surface area contributed by atoms with Crippen molar-refractivity contribution < 1.29 is 14.3 Å². The van der Waals surface area contributed by atoms with Crippen LogP contribution in [-0.4, -0.2) is 24.8 Å². The molecule has 4 rings (SSSR count). The predicted octanol–water partition coefficient (Wildman–Crippen LogP) is 4.88. The lowest BCUT2D eigenvalue weighted by atomic mass is 10.1. The highest BCUT2D eigenvalue weighted by atomic mass is 35.5. The number of rotatable bonds is 6. The van der Waals surface area contributed by atoms with Gasteiger partial charge in [0.15, 0.2) is 0 Å². The van der Waals surface area contributed by atoms with Gasteiger partial charge in [0.05, 0.1) is 22.9 Å². The first kappa shape index (κ1) is 17.6. The van der Waals surface area contributed by atoms with E-state index in [1.807, 2.05) is 30.3 Å². The number of para-hydroxylation sites is 1. The Labute approximate surface area is 162 Å². The summed E-state index contributed by atoms with van der Waals surface area (Å²) >= 11 is 6.19. The van der Waals surface area contributed by atoms with Crippen molar-refractivity contribution in [3.05, 3.63) is 71.2 Å². The number of amides is 1. The molecular formula is C22H18ClNO3. The molecule has 0 atom stereocenters. The van der Waals surface area contributed by atoms with Crippen LogP contribution >= 0.6 is 11.6 Å². The fourth-order valence-electron chi connectivity index (χ4n) is 3.34. The summed E-state index contributed by atoms with van der Waals surface area (Å²) in [5.74, 6) is -0.164. The maximum atomic E-state index is 12.2. The molecule has 4 nitrogen and oxygen atoms in total. The summed E-state index contributed by atoms with van der Waals surface area (Å²) in [6.07, 6.45) is 1.49. The van der Waals surface area contributed by atoms with E-state index in [2.05, 4.69) is 12.1 Å². The van der Waals surface area contributed by atoms with E-state index < -0.39 is 11.7 Å². The van der Waals surface area contributed by atoms with Crippen molar-refractivity contribution in [2.45, 2.75) is 12.8 Å². The van der Waals surface area contributed by atoms with E-state index in [0.29, 0.717) is 29.4 Å². The number of ether oxygens (including phenoxy) is 1. The molecule has 0 unspecified atom stereocenters. The van der Waals surface area contributed by atoms with Crippen molar-refractivity contribution in [3.8, 4) is 5.75 Å². The molecule has 1 aliphatic heterocycles. The number of fused-ring (bicyclic) bond motifs is 2. The van der Waals surface area contributed by atoms with E-state index in [1.54, 1.807) is 18.2 Å². The van der Waals surface area contributed by atoms with Crippen LogP contribution in [0.1, 0.15) is 23.2 Å². The van der Waals surface area contributed by atoms with Crippen molar-refractivity contribution in [3.63, 3.8) is 0 Å². The topological polar surface area (TPSA) is 46.6 Å². The zero-order valence-electron chi connectivity index (χ0n) is 14.7. The van der Waals surface area contributed by atoms with Crippen LogP contribution in [0.15, 0.2) is 60.7 Å². The Morgan fingerprint density at radius 3 is 2.56 bits per heavy atom. The molecule has 0 radical (unpaired) electrons. The Morgan fingerprint density at radius 2 is 1.70 bits per heavy atom. The van der Waals surface area contributed by atoms with Crippen LogP contribution < -0.4 is 9.64 Å². The number of hydrogen-bond donors (Lipinski definition) is 0. The van der Waals surface area contributed by atoms with E-state index in [-0.39, 0.29) is 0 Å². The van der Waals surface area contributed by atoms with Crippen LogP contribution in [0.5, 0.6) is 5.75 Å². The summed E-state index contributed by atoms with van der Waals surface area (Å²) in [6.45, 7) is 0.992. The second kappa shape index (κ2) is 7.41. The maximum Gasteiger partial charge on any atom is 0.299 e. The summed E-state index contributed by atoms with van der Waals surface area (Å²) < 4.78 is 5.82. The molecule has 0 aliphatic carbocycles. The van der Waals surface area contributed by atoms with E-state index in [0.717, 1.165) is 24.0 Å². The number of carbonyl (C=O) groups is 2. The molecule has 0 fully saturated rings. The third kappa shape index (κ3) is 3.40. The molecule has 0 bridgehead atoms. The first-order valence-corrected chi connectivity index (χ1v) is 9.29. The molecule has 1 amide bonds. The van der Waals surface area contributed by atoms with Gasteiger partial charge in [0.1, 0.15) is 5.75 Å². The monoisotopic (exact) mass is 379 g/mol. The minimum absolute atomic E-state index is 0.389. The quantitative estimate of drug-likeness (QED) is 0.453. The largest absolute Gasteiger partial charge is 0.494 e. The molecule has 1 aliphatic rings. The Hall–Kier alpha value is -2.85. The van der Waals surface area contributed by atoms with Gasteiger partial charge in [0, 0.05) is 6.54 Å². The van der Waals surface area contributed by atoms with Gasteiger partial charge in [-0.25, -0.2) is 0 Å². The molecule has 0 saturated carbocycles. The smallest absolute Gasteiger partial charge is 0.299 e. The zero-order chi connectivity index (χ0) is 18.8. The van der Waals surface area contributed by atoms with E-state index in [4.69, 9.17) is 16.3 Å². The second-order valence-corrected chi connectivity index (χ2v) is 6.89. The lowest BCUT2D eigenvalue weighted by Crippen LogP contribution is -2.31. The number of anilines is 1. The van der Waals surface area contributed by atoms with Crippen LogP contribution in [0.3, 0.4) is 0 Å². The summed E-state index contributed by atoms with van der Waals surface area (Å²) in [4.78, 5) is 25.8. The first-order chi connectivity index (χ1) is 13.1. The van der Waals surface area contributed by atoms with Gasteiger partial charge in [-0.3, -0.25) is 9.59 Å². The summed E-state index contributed by atoms with van der Waals surface area (Å²) in [5, 5.41) is 2.75. The van der Waals surface area contributed by atoms with Crippen LogP contribution in [0.25, 0.3) is 10.8 Å². The molecule has 5 heteroatoms. The lowest BCUT2D eigenvalue weighted by Gasteiger charge is -2.17. The molecule has 0 N–H and O–H groups in total. The maximum absolute atomic E-state index is 12.2. The van der Waals surface area contributed by atoms with Gasteiger partial charge in [0.2, 0.25) is 0 Å². The number of carbonyl (C=O) groups excluding carboxylic acids is 2. The summed E-state index contributed by atoms with van der Waals surface area (Å²) in [7, 11) is 0. The molecule has 0 saturated heterocycles. The fraction of sp³-hybridized carbons (Fsp3) is 0.182. The minimum atomic E-state index is -0.506. The highest BCUT2D eigenvalue weighted by Crippen LogP contribution is 2.35. The SMILES string of the molecule is O=C1C(=O)N(CCCCOc2ccc3ccccc3c2)c2c(Cl)cccc21. The molecule has 3 aromatic rings. The number of halogens is 1. The van der Waals surface area contributed by atoms with Crippen molar-refractivity contribution in [1.29, 1.82) is 0 Å². The third-order valence-electron chi connectivity index (χ3n) is 4.71. The number of hydrogen-bond acceptors (Lipinski definition) is 3. The Balaban J connectivity index is 1.33. The van der Waals surface area contributed by atoms with Crippen LogP contribution in [0.4, 0.5) is 5.69 Å². The van der Waals surface area contributed by atoms with Gasteiger partial charge in [-0.15, -0.1) is 0 Å². The highest BCUT2D eigenvalue weighted by molar-refractivity contribution is 6.54. The number of Topliss-reactive ketones (excluding diaryl/α,β-unsaturated/α-hetero) is 1. The summed E-state index contributed by atoms with van der Waals surface area (Å²) in [6, 6.07) is 19.2. The van der Waals surface area contributed by atoms with E-state index in [1.165, 1.54) is 10.3 Å². The normalized spacial score (nSPS) is 13.3. The third-order valence-corrected chi connectivity index (χ3v) is 5.01. The molecule has 27 heavy (non-hydrogen) atoms. The molecule has 1 heterocycles. The van der Waals surface area contributed by atoms with E-state index in [9.17, 15) is 9.59 Å². The highest BCUT2D eigenvalue weighted by Gasteiger charge is 2.36. The van der Waals surface area contributed by atoms with Crippen molar-refractivity contribution >= 4 is 39.8 Å². The van der Waals surface area contributed by atoms with Crippen molar-refractivity contribution in [2.24, 2.45) is 0 Å². The fourth-order valence-corrected chi connectivity index (χ4v) is 3.62. The van der Waals surface area contributed by atoms with Gasteiger partial charge >= 0.3 is 0 Å². The Kier molecular flexibility index (Phi) is 4.82. The average molecular weight is 380 g/mol. The van der Waals surface area contributed by atoms with E-state index >= 15 is 0 Å². The number of benzene rings is 3. The predicted molar refractivity (Wildman–Crippen MR) is 107 cm³/mol. The standard InChI is InChI=1S/C22H18ClNO3/c23-19-9-5-8-18-20(19)24(22(26)21(18)25)12-3-4-13-27-17-11-10-15-6-1-2-7-16(15)14-17/h1-2,5-11,14H,3-4,12-13H2.